The van der Waals surface area contributed by atoms with E-state index in [-0.39, 0.29) is 25.7 Å². The van der Waals surface area contributed by atoms with Crippen molar-refractivity contribution in [3.63, 3.8) is 0 Å². The molecular weight excluding hydrogens is 879 g/mol. The molecule has 3 saturated heterocycles. The van der Waals surface area contributed by atoms with Crippen molar-refractivity contribution >= 4 is 23.7 Å². The minimum absolute atomic E-state index is 0.0154. The molecule has 0 saturated carbocycles. The van der Waals surface area contributed by atoms with Crippen LogP contribution in [0.15, 0.2) is 60.7 Å². The topological polar surface area (TPSA) is 206 Å². The van der Waals surface area contributed by atoms with Crippen molar-refractivity contribution in [3.8, 4) is 0 Å². The molecule has 68 heavy (non-hydrogen) atoms. The number of ketones is 1. The molecule has 0 radical (unpaired) electrons. The molecule has 3 fully saturated rings. The van der Waals surface area contributed by atoms with Crippen LogP contribution in [0.3, 0.4) is 0 Å². The Bertz CT molecular complexity index is 1980. The number of likely N-dealkylation sites (N-methyl/N-ethyl adjacent to an activating group) is 1. The summed E-state index contributed by atoms with van der Waals surface area (Å²) in [6, 6.07) is 16.7. The van der Waals surface area contributed by atoms with Gasteiger partial charge < -0.3 is 58.1 Å². The van der Waals surface area contributed by atoms with Crippen molar-refractivity contribution in [1.82, 2.24) is 4.90 Å². The van der Waals surface area contributed by atoms with Gasteiger partial charge in [0.25, 0.3) is 0 Å². The Morgan fingerprint density at radius 2 is 1.35 bits per heavy atom. The van der Waals surface area contributed by atoms with Crippen LogP contribution in [0.1, 0.15) is 122 Å². The van der Waals surface area contributed by atoms with Crippen LogP contribution in [0.5, 0.6) is 0 Å². The summed E-state index contributed by atoms with van der Waals surface area (Å²) in [5.74, 6) is -6.57. The molecule has 2 aromatic rings. The first-order valence-corrected chi connectivity index (χ1v) is 24.1. The molecule has 0 aliphatic carbocycles. The minimum atomic E-state index is -2.02. The Morgan fingerprint density at radius 3 is 1.88 bits per heavy atom. The predicted molar refractivity (Wildman–Crippen MR) is 250 cm³/mol. The molecule has 0 aromatic heterocycles. The molecule has 0 amide bonds. The second kappa shape index (κ2) is 22.9. The van der Waals surface area contributed by atoms with Gasteiger partial charge in [-0.1, -0.05) is 71.0 Å². The Balaban J connectivity index is 1.61. The molecule has 0 unspecified atom stereocenters. The van der Waals surface area contributed by atoms with E-state index in [0.29, 0.717) is 17.5 Å². The number of methoxy groups -OCH3 is 1. The van der Waals surface area contributed by atoms with Crippen LogP contribution in [0.2, 0.25) is 0 Å². The smallest absolute Gasteiger partial charge is 0.338 e. The number of Topliss-reactive ketones (excluding diaryl/α,β-unsaturated/α-hetero) is 1. The van der Waals surface area contributed by atoms with E-state index in [0.717, 1.165) is 0 Å². The summed E-state index contributed by atoms with van der Waals surface area (Å²) in [5, 5.41) is 36.8. The molecule has 380 valence electrons. The summed E-state index contributed by atoms with van der Waals surface area (Å²) in [5.41, 5.74) is -4.44. The lowest BCUT2D eigenvalue weighted by molar-refractivity contribution is -0.317. The number of aliphatic hydroxyl groups excluding tert-OH is 1. The maximum Gasteiger partial charge on any atom is 0.338 e. The van der Waals surface area contributed by atoms with Crippen LogP contribution < -0.4 is 0 Å². The number of rotatable bonds is 12. The van der Waals surface area contributed by atoms with Gasteiger partial charge in [0.15, 0.2) is 24.8 Å². The number of ether oxygens (including phenoxy) is 8. The standard InChI is InChI=1S/C52H77NO15/c1-14-38-52(60,15-2)43(55)31(5)40(54)29(3)27-50(9,59)44(68-49-42(37(53(11)12)26-30(4)62-49)66-47(57)35-22-18-16-19-23-35)32(6)41(33(7)46(56)64-38)65-39-28-51(10,61-13)45(34(8)63-39)67-48(58)36-24-20-17-21-25-36/h16-25,29-34,37-39,41-45,49,55,59-60H,14-15,26-28H2,1-13H3/t29-,30-,31+,32+,33-,34+,37+,38-,39+,41+,42-,43-,44-,45+,49+,50+,51-,52+/m1/s1. The SMILES string of the molecule is CC[C@H]1OC(=O)[C@H](C)[C@@H](O[C@H]2C[C@@](C)(OC)[C@@H](OC(=O)c3ccccc3)[C@H](C)O2)[C@H](C)[C@@H](O[C@@H]2O[C@H](C)C[C@H](N(C)C)[C@H]2OC(=O)c2ccccc2)[C@@](C)(O)C[C@@H](C)C(=O)[C@H](C)[C@@H](O)[C@]1(O)CC. The number of benzene rings is 2. The summed E-state index contributed by atoms with van der Waals surface area (Å²) >= 11 is 0. The lowest BCUT2D eigenvalue weighted by Crippen LogP contribution is -2.62. The van der Waals surface area contributed by atoms with Crippen LogP contribution in [0, 0.1) is 23.7 Å². The summed E-state index contributed by atoms with van der Waals surface area (Å²) in [4.78, 5) is 58.0. The van der Waals surface area contributed by atoms with Gasteiger partial charge in [0.2, 0.25) is 0 Å². The van der Waals surface area contributed by atoms with Crippen molar-refractivity contribution in [2.24, 2.45) is 23.7 Å². The fourth-order valence-corrected chi connectivity index (χ4v) is 10.5. The fourth-order valence-electron chi connectivity index (χ4n) is 10.5. The van der Waals surface area contributed by atoms with E-state index >= 15 is 0 Å². The molecule has 5 rings (SSSR count). The highest BCUT2D eigenvalue weighted by atomic mass is 16.7. The second-order valence-electron chi connectivity index (χ2n) is 20.1. The van der Waals surface area contributed by atoms with Gasteiger partial charge in [0.05, 0.1) is 59.2 Å². The van der Waals surface area contributed by atoms with Gasteiger partial charge in [0.1, 0.15) is 23.1 Å². The molecule has 3 aliphatic rings. The molecule has 0 bridgehead atoms. The maximum absolute atomic E-state index is 14.7. The first kappa shape index (κ1) is 55.1. The van der Waals surface area contributed by atoms with Crippen molar-refractivity contribution in [2.45, 2.75) is 186 Å². The second-order valence-corrected chi connectivity index (χ2v) is 20.1. The fraction of sp³-hybridized carbons (Fsp3) is 0.692. The summed E-state index contributed by atoms with van der Waals surface area (Å²) in [6.45, 7) is 16.7. The molecule has 16 nitrogen and oxygen atoms in total. The van der Waals surface area contributed by atoms with Crippen LogP contribution in [0.25, 0.3) is 0 Å². The van der Waals surface area contributed by atoms with Crippen LogP contribution >= 0.6 is 0 Å². The number of carbonyl (C=O) groups excluding carboxylic acids is 4. The quantitative estimate of drug-likeness (QED) is 0.167. The molecule has 2 aromatic carbocycles. The Hall–Kier alpha value is -3.84. The summed E-state index contributed by atoms with van der Waals surface area (Å²) in [6.07, 6.45) is -10.6. The van der Waals surface area contributed by atoms with Gasteiger partial charge >= 0.3 is 17.9 Å². The number of aliphatic hydroxyl groups is 3. The monoisotopic (exact) mass is 956 g/mol. The normalized spacial score (nSPS) is 39.9. The van der Waals surface area contributed by atoms with Gasteiger partial charge in [-0.05, 0) is 98.7 Å². The van der Waals surface area contributed by atoms with Gasteiger partial charge in [-0.25, -0.2) is 9.59 Å². The molecule has 16 heteroatoms. The molecule has 18 atom stereocenters. The van der Waals surface area contributed by atoms with E-state index in [9.17, 15) is 34.5 Å². The zero-order chi connectivity index (χ0) is 50.5. The number of hydrogen-bond acceptors (Lipinski definition) is 16. The van der Waals surface area contributed by atoms with Crippen molar-refractivity contribution in [2.75, 3.05) is 21.2 Å². The van der Waals surface area contributed by atoms with Gasteiger partial charge in [0, 0.05) is 31.3 Å². The predicted octanol–water partition coefficient (Wildman–Crippen LogP) is 5.91. The maximum atomic E-state index is 14.7. The van der Waals surface area contributed by atoms with Gasteiger partial charge in [-0.15, -0.1) is 0 Å². The zero-order valence-corrected chi connectivity index (χ0v) is 42.2. The summed E-state index contributed by atoms with van der Waals surface area (Å²) in [7, 11) is 5.21. The zero-order valence-electron chi connectivity index (χ0n) is 42.2. The number of esters is 3. The van der Waals surface area contributed by atoms with Crippen LogP contribution in [-0.4, -0.2) is 149 Å². The number of cyclic esters (lactones) is 1. The third-order valence-electron chi connectivity index (χ3n) is 14.6. The van der Waals surface area contributed by atoms with Crippen molar-refractivity contribution in [1.29, 1.82) is 0 Å². The molecular formula is C52H77NO15. The Morgan fingerprint density at radius 1 is 0.779 bits per heavy atom. The molecule has 3 aliphatic heterocycles. The van der Waals surface area contributed by atoms with Crippen molar-refractivity contribution < 1.29 is 72.4 Å². The minimum Gasteiger partial charge on any atom is -0.459 e. The number of carbonyl (C=O) groups is 4. The molecule has 3 heterocycles. The first-order valence-electron chi connectivity index (χ1n) is 24.1. The highest BCUT2D eigenvalue weighted by Gasteiger charge is 2.55. The summed E-state index contributed by atoms with van der Waals surface area (Å²) < 4.78 is 51.4. The number of hydrogen-bond donors (Lipinski definition) is 3. The van der Waals surface area contributed by atoms with E-state index in [1.807, 2.05) is 25.9 Å². The lowest BCUT2D eigenvalue weighted by atomic mass is 9.73. The molecule has 0 spiro atoms. The Kier molecular flexibility index (Phi) is 18.6. The van der Waals surface area contributed by atoms with Gasteiger partial charge in [-0.3, -0.25) is 9.59 Å². The lowest BCUT2D eigenvalue weighted by Gasteiger charge is -2.49. The van der Waals surface area contributed by atoms with Crippen LogP contribution in [0.4, 0.5) is 0 Å². The highest BCUT2D eigenvalue weighted by molar-refractivity contribution is 5.90. The third kappa shape index (κ3) is 12.2. The third-order valence-corrected chi connectivity index (χ3v) is 14.6. The number of nitrogens with zero attached hydrogens (tertiary/aromatic N) is 1. The largest absolute Gasteiger partial charge is 0.459 e. The van der Waals surface area contributed by atoms with E-state index in [2.05, 4.69) is 0 Å². The van der Waals surface area contributed by atoms with Crippen LogP contribution in [-0.2, 0) is 47.5 Å². The molecule has 3 N–H and O–H groups in total. The van der Waals surface area contributed by atoms with Crippen molar-refractivity contribution in [3.05, 3.63) is 71.8 Å². The van der Waals surface area contributed by atoms with E-state index in [4.69, 9.17) is 37.9 Å². The average molecular weight is 956 g/mol. The average Bonchev–Trinajstić information content (AvgIpc) is 3.31. The first-order chi connectivity index (χ1) is 31.9. The van der Waals surface area contributed by atoms with E-state index in [1.165, 1.54) is 21.0 Å². The van der Waals surface area contributed by atoms with E-state index < -0.39 is 132 Å². The Labute approximate surface area is 402 Å². The highest BCUT2D eigenvalue weighted by Crippen LogP contribution is 2.42. The van der Waals surface area contributed by atoms with Gasteiger partial charge in [-0.2, -0.15) is 0 Å². The van der Waals surface area contributed by atoms with E-state index in [1.54, 1.807) is 109 Å².